The number of nitrogens with zero attached hydrogens (tertiary/aromatic N) is 1. The van der Waals surface area contributed by atoms with Crippen molar-refractivity contribution in [2.75, 3.05) is 20.4 Å². The van der Waals surface area contributed by atoms with Gasteiger partial charge in [0.25, 0.3) is 0 Å². The minimum absolute atomic E-state index is 0.0175. The molecule has 1 unspecified atom stereocenters. The fraction of sp³-hybridized carbons (Fsp3) is 0.462. The summed E-state index contributed by atoms with van der Waals surface area (Å²) in [5.41, 5.74) is 0.947. The molecule has 0 aromatic heterocycles. The highest BCUT2D eigenvalue weighted by Gasteiger charge is 2.17. The van der Waals surface area contributed by atoms with E-state index in [-0.39, 0.29) is 11.8 Å². The molecule has 0 saturated heterocycles. The first kappa shape index (κ1) is 14.9. The van der Waals surface area contributed by atoms with Gasteiger partial charge >= 0.3 is 0 Å². The largest absolute Gasteiger partial charge is 0.302 e. The molecule has 5 heteroatoms. The van der Waals surface area contributed by atoms with Gasteiger partial charge in [0, 0.05) is 18.7 Å². The Morgan fingerprint density at radius 1 is 1.22 bits per heavy atom. The molecule has 0 spiro atoms. The molecule has 0 aliphatic carbocycles. The molecule has 18 heavy (non-hydrogen) atoms. The molecule has 0 saturated carbocycles. The third-order valence-electron chi connectivity index (χ3n) is 2.80. The van der Waals surface area contributed by atoms with Gasteiger partial charge in [-0.1, -0.05) is 12.1 Å². The molecule has 0 N–H and O–H groups in total. The van der Waals surface area contributed by atoms with Gasteiger partial charge in [0.15, 0.2) is 9.84 Å². The molecular weight excluding hydrogens is 250 g/mol. The molecular formula is C13H19NO3S. The first-order chi connectivity index (χ1) is 8.21. The smallest absolute Gasteiger partial charge is 0.175 e. The predicted octanol–water partition coefficient (Wildman–Crippen LogP) is 1.67. The van der Waals surface area contributed by atoms with Crippen LogP contribution in [-0.2, 0) is 14.6 Å². The lowest BCUT2D eigenvalue weighted by Crippen LogP contribution is -2.22. The van der Waals surface area contributed by atoms with E-state index in [4.69, 9.17) is 0 Å². The van der Waals surface area contributed by atoms with Crippen molar-refractivity contribution in [3.05, 3.63) is 29.8 Å². The van der Waals surface area contributed by atoms with Crippen molar-refractivity contribution in [3.63, 3.8) is 0 Å². The van der Waals surface area contributed by atoms with Gasteiger partial charge in [0.1, 0.15) is 5.78 Å². The van der Waals surface area contributed by atoms with Crippen molar-refractivity contribution in [1.29, 1.82) is 0 Å². The van der Waals surface area contributed by atoms with Gasteiger partial charge < -0.3 is 4.90 Å². The number of ketones is 1. The number of Topliss-reactive ketones (excluding diaryl/α,β-unsaturated/α-hetero) is 1. The van der Waals surface area contributed by atoms with E-state index in [2.05, 4.69) is 0 Å². The minimum atomic E-state index is -3.17. The number of sulfone groups is 1. The summed E-state index contributed by atoms with van der Waals surface area (Å²) in [6.45, 7) is 1.56. The average Bonchev–Trinajstić information content (AvgIpc) is 2.24. The van der Waals surface area contributed by atoms with Crippen LogP contribution in [0.4, 0.5) is 0 Å². The highest BCUT2D eigenvalue weighted by molar-refractivity contribution is 7.90. The molecule has 100 valence electrons. The number of rotatable bonds is 5. The van der Waals surface area contributed by atoms with Crippen LogP contribution in [-0.4, -0.2) is 39.5 Å². The summed E-state index contributed by atoms with van der Waals surface area (Å²) in [6.07, 6.45) is 1.60. The minimum Gasteiger partial charge on any atom is -0.302 e. The number of carbonyl (C=O) groups excluding carboxylic acids is 1. The molecule has 0 radical (unpaired) electrons. The lowest BCUT2D eigenvalue weighted by atomic mass is 10.0. The van der Waals surface area contributed by atoms with Crippen LogP contribution in [0.1, 0.15) is 24.9 Å². The second kappa shape index (κ2) is 5.63. The average molecular weight is 269 g/mol. The fourth-order valence-corrected chi connectivity index (χ4v) is 2.44. The van der Waals surface area contributed by atoms with E-state index >= 15 is 0 Å². The molecule has 4 nitrogen and oxygen atoms in total. The van der Waals surface area contributed by atoms with E-state index in [1.807, 2.05) is 19.0 Å². The van der Waals surface area contributed by atoms with E-state index in [0.717, 1.165) is 5.56 Å². The van der Waals surface area contributed by atoms with E-state index in [1.54, 1.807) is 31.2 Å². The third kappa shape index (κ3) is 3.92. The van der Waals surface area contributed by atoms with Crippen LogP contribution in [0, 0.1) is 0 Å². The van der Waals surface area contributed by atoms with Crippen molar-refractivity contribution in [3.8, 4) is 0 Å². The molecule has 1 rings (SSSR count). The van der Waals surface area contributed by atoms with Crippen molar-refractivity contribution in [2.24, 2.45) is 0 Å². The van der Waals surface area contributed by atoms with Gasteiger partial charge in [-0.3, -0.25) is 4.79 Å². The standard InChI is InChI=1S/C13H19NO3S/c1-10(15)9-13(14(2)3)11-5-7-12(8-6-11)18(4,16)17/h5-8,13H,9H2,1-4H3. The maximum absolute atomic E-state index is 11.4. The Morgan fingerprint density at radius 2 is 1.72 bits per heavy atom. The van der Waals surface area contributed by atoms with Crippen LogP contribution in [0.3, 0.4) is 0 Å². The first-order valence-corrected chi connectivity index (χ1v) is 7.57. The van der Waals surface area contributed by atoms with E-state index < -0.39 is 9.84 Å². The number of hydrogen-bond acceptors (Lipinski definition) is 4. The maximum atomic E-state index is 11.4. The quantitative estimate of drug-likeness (QED) is 0.816. The Morgan fingerprint density at radius 3 is 2.06 bits per heavy atom. The van der Waals surface area contributed by atoms with Crippen LogP contribution in [0.5, 0.6) is 0 Å². The molecule has 0 heterocycles. The summed E-state index contributed by atoms with van der Waals surface area (Å²) < 4.78 is 22.7. The molecule has 0 aliphatic rings. The summed E-state index contributed by atoms with van der Waals surface area (Å²) >= 11 is 0. The second-order valence-corrected chi connectivity index (χ2v) is 6.74. The lowest BCUT2D eigenvalue weighted by Gasteiger charge is -2.23. The summed E-state index contributed by atoms with van der Waals surface area (Å²) in [5, 5.41) is 0. The topological polar surface area (TPSA) is 54.5 Å². The zero-order chi connectivity index (χ0) is 13.9. The van der Waals surface area contributed by atoms with Gasteiger partial charge in [-0.25, -0.2) is 8.42 Å². The molecule has 0 aliphatic heterocycles. The normalized spacial score (nSPS) is 13.6. The molecule has 1 aromatic rings. The Hall–Kier alpha value is -1.20. The van der Waals surface area contributed by atoms with Crippen molar-refractivity contribution < 1.29 is 13.2 Å². The predicted molar refractivity (Wildman–Crippen MR) is 71.3 cm³/mol. The highest BCUT2D eigenvalue weighted by atomic mass is 32.2. The van der Waals surface area contributed by atoms with Crippen LogP contribution >= 0.6 is 0 Å². The molecule has 0 amide bonds. The number of hydrogen-bond donors (Lipinski definition) is 0. The van der Waals surface area contributed by atoms with Crippen molar-refractivity contribution in [2.45, 2.75) is 24.3 Å². The maximum Gasteiger partial charge on any atom is 0.175 e. The zero-order valence-electron chi connectivity index (χ0n) is 11.2. The van der Waals surface area contributed by atoms with Crippen molar-refractivity contribution >= 4 is 15.6 Å². The van der Waals surface area contributed by atoms with Crippen LogP contribution in [0.2, 0.25) is 0 Å². The molecule has 1 atom stereocenters. The van der Waals surface area contributed by atoms with Gasteiger partial charge in [-0.15, -0.1) is 0 Å². The number of carbonyl (C=O) groups is 1. The summed E-state index contributed by atoms with van der Waals surface area (Å²) in [5.74, 6) is 0.112. The Kier molecular flexibility index (Phi) is 4.65. The Balaban J connectivity index is 3.05. The number of benzene rings is 1. The van der Waals surface area contributed by atoms with E-state index in [9.17, 15) is 13.2 Å². The highest BCUT2D eigenvalue weighted by Crippen LogP contribution is 2.23. The first-order valence-electron chi connectivity index (χ1n) is 5.67. The molecule has 0 bridgehead atoms. The second-order valence-electron chi connectivity index (χ2n) is 4.73. The summed E-state index contributed by atoms with van der Waals surface area (Å²) in [6, 6.07) is 6.69. The SMILES string of the molecule is CC(=O)CC(c1ccc(S(C)(=O)=O)cc1)N(C)C. The van der Waals surface area contributed by atoms with Gasteiger partial charge in [-0.05, 0) is 38.7 Å². The van der Waals surface area contributed by atoms with Crippen LogP contribution in [0.25, 0.3) is 0 Å². The Bertz CT molecular complexity index is 518. The molecule has 1 aromatic carbocycles. The zero-order valence-corrected chi connectivity index (χ0v) is 12.0. The van der Waals surface area contributed by atoms with Crippen molar-refractivity contribution in [1.82, 2.24) is 4.90 Å². The van der Waals surface area contributed by atoms with E-state index in [1.165, 1.54) is 6.26 Å². The van der Waals surface area contributed by atoms with Crippen LogP contribution in [0.15, 0.2) is 29.2 Å². The van der Waals surface area contributed by atoms with Gasteiger partial charge in [0.05, 0.1) is 4.90 Å². The van der Waals surface area contributed by atoms with E-state index in [0.29, 0.717) is 11.3 Å². The summed E-state index contributed by atoms with van der Waals surface area (Å²) in [4.78, 5) is 13.5. The summed E-state index contributed by atoms with van der Waals surface area (Å²) in [7, 11) is 0.633. The van der Waals surface area contributed by atoms with Gasteiger partial charge in [0.2, 0.25) is 0 Å². The van der Waals surface area contributed by atoms with Crippen LogP contribution < -0.4 is 0 Å². The third-order valence-corrected chi connectivity index (χ3v) is 3.93. The van der Waals surface area contributed by atoms with Gasteiger partial charge in [-0.2, -0.15) is 0 Å². The lowest BCUT2D eigenvalue weighted by molar-refractivity contribution is -0.118. The monoisotopic (exact) mass is 269 g/mol. The molecule has 0 fully saturated rings. The Labute approximate surface area is 109 Å². The fourth-order valence-electron chi connectivity index (χ4n) is 1.81.